The summed E-state index contributed by atoms with van der Waals surface area (Å²) in [5.41, 5.74) is 5.04. The maximum atomic E-state index is 16.4. The number of halogens is 1. The lowest BCUT2D eigenvalue weighted by molar-refractivity contribution is -0.140. The first-order valence-electron chi connectivity index (χ1n) is 24.2. The van der Waals surface area contributed by atoms with Crippen molar-refractivity contribution in [1.29, 1.82) is 0 Å². The second-order valence-corrected chi connectivity index (χ2v) is 20.0. The van der Waals surface area contributed by atoms with Gasteiger partial charge in [0.2, 0.25) is 17.7 Å². The molecule has 4 amide bonds. The summed E-state index contributed by atoms with van der Waals surface area (Å²) in [7, 11) is 1.64. The number of aliphatic hydroxyl groups excluding tert-OH is 1. The van der Waals surface area contributed by atoms with Gasteiger partial charge in [0, 0.05) is 107 Å². The van der Waals surface area contributed by atoms with Crippen LogP contribution in [0.4, 0.5) is 21.5 Å². The molecule has 7 aliphatic rings. The van der Waals surface area contributed by atoms with Crippen LogP contribution in [0, 0.1) is 23.1 Å². The summed E-state index contributed by atoms with van der Waals surface area (Å²) < 4.78 is 22.4. The molecule has 10 rings (SSSR count). The topological polar surface area (TPSA) is 129 Å². The summed E-state index contributed by atoms with van der Waals surface area (Å²) in [6.45, 7) is 12.2. The second-order valence-electron chi connectivity index (χ2n) is 20.0. The SMILES string of the molecule is COc1cc(N2CCC(CN3CCN(CC4CCN(c5ccc6c(c5)CN([C@H]5CCC(=O)NC5=O)C6=O)CC4)CC3)CC2)c(F)cc1[C@@H]1N(c2ccc([C@@H](C)O)cc2)C(=O)C12CCCC2. The predicted octanol–water partition coefficient (Wildman–Crippen LogP) is 6.05. The fraction of sp³-hybridized carbons (Fsp3) is 0.569. The van der Waals surface area contributed by atoms with Crippen molar-refractivity contribution in [3.8, 4) is 5.75 Å². The average Bonchev–Trinajstić information content (AvgIpc) is 3.96. The van der Waals surface area contributed by atoms with Crippen LogP contribution in [0.3, 0.4) is 0 Å². The molecule has 6 aliphatic heterocycles. The molecule has 1 saturated carbocycles. The van der Waals surface area contributed by atoms with Crippen LogP contribution in [0.25, 0.3) is 0 Å². The lowest BCUT2D eigenvalue weighted by Gasteiger charge is -2.55. The number of carbonyl (C=O) groups excluding carboxylic acids is 4. The minimum Gasteiger partial charge on any atom is -0.496 e. The van der Waals surface area contributed by atoms with Crippen LogP contribution in [0.15, 0.2) is 54.6 Å². The Bertz CT molecular complexity index is 2290. The zero-order valence-electron chi connectivity index (χ0n) is 38.0. The standard InChI is InChI=1S/C51H64FN7O6/c1-33(60)36-5-7-38(8-6-36)59-47(51(50(59)64)17-3-4-18-51)41-28-42(52)44(29-45(41)65-2)57-21-15-35(16-22-57)31-55-25-23-54(24-26-55)30-34-13-19-56(20-14-34)39-9-10-40-37(27-39)32-58(49(40)63)43-11-12-46(61)53-48(43)62/h5-10,27-29,33-35,43,47,60H,3-4,11-26,30-32H2,1-2H3,(H,53,61,62)/t33-,43+,47+/m1/s1. The number of imide groups is 1. The highest BCUT2D eigenvalue weighted by atomic mass is 19.1. The number of fused-ring (bicyclic) bond motifs is 1. The first kappa shape index (κ1) is 43.8. The molecular formula is C51H64FN7O6. The number of β-lactam (4-membered cyclic amide) rings is 1. The van der Waals surface area contributed by atoms with Gasteiger partial charge in [-0.15, -0.1) is 0 Å². The Morgan fingerprint density at radius 1 is 0.785 bits per heavy atom. The molecule has 3 aromatic carbocycles. The number of nitrogens with zero attached hydrogens (tertiary/aromatic N) is 6. The number of ether oxygens (including phenoxy) is 1. The molecule has 1 aliphatic carbocycles. The van der Waals surface area contributed by atoms with Gasteiger partial charge >= 0.3 is 0 Å². The van der Waals surface area contributed by atoms with Gasteiger partial charge in [0.15, 0.2) is 0 Å². The number of hydrogen-bond acceptors (Lipinski definition) is 10. The van der Waals surface area contributed by atoms with Crippen LogP contribution in [0.5, 0.6) is 5.75 Å². The zero-order valence-corrected chi connectivity index (χ0v) is 38.0. The number of piperazine rings is 1. The number of amides is 4. The van der Waals surface area contributed by atoms with Crippen LogP contribution >= 0.6 is 0 Å². The van der Waals surface area contributed by atoms with Gasteiger partial charge in [0.25, 0.3) is 5.91 Å². The molecule has 346 valence electrons. The third-order valence-corrected chi connectivity index (χ3v) is 16.1. The van der Waals surface area contributed by atoms with Crippen molar-refractivity contribution in [2.45, 2.75) is 95.9 Å². The number of methoxy groups -OCH3 is 1. The summed E-state index contributed by atoms with van der Waals surface area (Å²) in [6, 6.07) is 16.1. The highest BCUT2D eigenvalue weighted by Gasteiger charge is 2.63. The first-order valence-corrected chi connectivity index (χ1v) is 24.2. The smallest absolute Gasteiger partial charge is 0.255 e. The van der Waals surface area contributed by atoms with Crippen LogP contribution < -0.4 is 24.8 Å². The Labute approximate surface area is 381 Å². The van der Waals surface area contributed by atoms with E-state index in [0.717, 1.165) is 145 Å². The molecule has 13 nitrogen and oxygen atoms in total. The van der Waals surface area contributed by atoms with Crippen molar-refractivity contribution in [2.24, 2.45) is 17.3 Å². The summed E-state index contributed by atoms with van der Waals surface area (Å²) in [4.78, 5) is 64.5. The van der Waals surface area contributed by atoms with E-state index in [-0.39, 0.29) is 41.9 Å². The van der Waals surface area contributed by atoms with Gasteiger partial charge in [-0.25, -0.2) is 4.39 Å². The summed E-state index contributed by atoms with van der Waals surface area (Å²) in [6.07, 6.45) is 7.84. The Kier molecular flexibility index (Phi) is 12.1. The van der Waals surface area contributed by atoms with Gasteiger partial charge in [0.05, 0.1) is 30.4 Å². The van der Waals surface area contributed by atoms with E-state index < -0.39 is 17.6 Å². The molecular weight excluding hydrogens is 826 g/mol. The molecule has 14 heteroatoms. The average molecular weight is 890 g/mol. The quantitative estimate of drug-likeness (QED) is 0.174. The summed E-state index contributed by atoms with van der Waals surface area (Å²) >= 11 is 0. The van der Waals surface area contributed by atoms with Crippen LogP contribution in [0.2, 0.25) is 0 Å². The number of rotatable bonds is 11. The van der Waals surface area contributed by atoms with Crippen molar-refractivity contribution >= 4 is 40.7 Å². The third kappa shape index (κ3) is 8.28. The Morgan fingerprint density at radius 2 is 1.40 bits per heavy atom. The van der Waals surface area contributed by atoms with Crippen molar-refractivity contribution in [3.63, 3.8) is 0 Å². The van der Waals surface area contributed by atoms with Crippen molar-refractivity contribution < 1.29 is 33.4 Å². The third-order valence-electron chi connectivity index (χ3n) is 16.1. The molecule has 6 fully saturated rings. The van der Waals surface area contributed by atoms with Crippen molar-refractivity contribution in [1.82, 2.24) is 20.0 Å². The number of hydrogen-bond donors (Lipinski definition) is 2. The molecule has 2 N–H and O–H groups in total. The monoisotopic (exact) mass is 889 g/mol. The number of benzene rings is 3. The molecule has 0 unspecified atom stereocenters. The Morgan fingerprint density at radius 3 is 2.00 bits per heavy atom. The first-order chi connectivity index (χ1) is 31.5. The molecule has 65 heavy (non-hydrogen) atoms. The zero-order chi connectivity index (χ0) is 45.0. The van der Waals surface area contributed by atoms with E-state index in [4.69, 9.17) is 4.74 Å². The van der Waals surface area contributed by atoms with Gasteiger partial charge in [-0.3, -0.25) is 24.5 Å². The van der Waals surface area contributed by atoms with E-state index in [1.807, 2.05) is 47.4 Å². The number of nitrogens with one attached hydrogen (secondary N) is 1. The molecule has 1 spiro atoms. The maximum absolute atomic E-state index is 16.4. The molecule has 0 radical (unpaired) electrons. The van der Waals surface area contributed by atoms with Gasteiger partial charge in [0.1, 0.15) is 17.6 Å². The summed E-state index contributed by atoms with van der Waals surface area (Å²) in [5, 5.41) is 12.5. The minimum atomic E-state index is -0.601. The fourth-order valence-corrected chi connectivity index (χ4v) is 12.3. The van der Waals surface area contributed by atoms with Gasteiger partial charge in [-0.1, -0.05) is 25.0 Å². The predicted molar refractivity (Wildman–Crippen MR) is 246 cm³/mol. The fourth-order valence-electron chi connectivity index (χ4n) is 12.3. The van der Waals surface area contributed by atoms with Crippen LogP contribution in [-0.2, 0) is 20.9 Å². The lowest BCUT2D eigenvalue weighted by Crippen LogP contribution is -2.62. The van der Waals surface area contributed by atoms with Gasteiger partial charge in [-0.05, 0) is 111 Å². The van der Waals surface area contributed by atoms with Crippen molar-refractivity contribution in [3.05, 3.63) is 82.7 Å². The van der Waals surface area contributed by atoms with Crippen LogP contribution in [0.1, 0.15) is 110 Å². The highest BCUT2D eigenvalue weighted by Crippen LogP contribution is 2.62. The van der Waals surface area contributed by atoms with E-state index in [1.54, 1.807) is 25.0 Å². The number of piperidine rings is 3. The number of carbonyl (C=O) groups is 4. The molecule has 0 bridgehead atoms. The summed E-state index contributed by atoms with van der Waals surface area (Å²) in [5.74, 6) is 0.894. The molecule has 5 saturated heterocycles. The number of aliphatic hydroxyl groups is 1. The van der Waals surface area contributed by atoms with E-state index in [0.29, 0.717) is 41.8 Å². The second kappa shape index (κ2) is 18.0. The van der Waals surface area contributed by atoms with Crippen LogP contribution in [-0.4, -0.2) is 122 Å². The molecule has 3 atom stereocenters. The van der Waals surface area contributed by atoms with Gasteiger partial charge < -0.3 is 39.2 Å². The number of anilines is 3. The largest absolute Gasteiger partial charge is 0.496 e. The van der Waals surface area contributed by atoms with Crippen molar-refractivity contribution in [2.75, 3.05) is 87.3 Å². The maximum Gasteiger partial charge on any atom is 0.255 e. The van der Waals surface area contributed by atoms with E-state index >= 15 is 4.39 Å². The Balaban J connectivity index is 0.686. The Hall–Kier alpha value is -5.05. The molecule has 6 heterocycles. The minimum absolute atomic E-state index is 0.0923. The lowest BCUT2D eigenvalue weighted by atomic mass is 9.66. The molecule has 3 aromatic rings. The highest BCUT2D eigenvalue weighted by molar-refractivity contribution is 6.07. The molecule has 0 aromatic heterocycles. The van der Waals surface area contributed by atoms with E-state index in [9.17, 15) is 24.3 Å². The van der Waals surface area contributed by atoms with E-state index in [1.165, 1.54) is 0 Å². The normalized spacial score (nSPS) is 25.0. The van der Waals surface area contributed by atoms with Gasteiger partial charge in [-0.2, -0.15) is 0 Å². The van der Waals surface area contributed by atoms with E-state index in [2.05, 4.69) is 31.0 Å².